The van der Waals surface area contributed by atoms with Gasteiger partial charge in [-0.2, -0.15) is 0 Å². The van der Waals surface area contributed by atoms with Crippen LogP contribution in [0.5, 0.6) is 5.75 Å². The molecule has 1 heterocycles. The molecule has 0 saturated heterocycles. The Morgan fingerprint density at radius 2 is 2.08 bits per heavy atom. The van der Waals surface area contributed by atoms with E-state index in [1.165, 1.54) is 23.1 Å². The van der Waals surface area contributed by atoms with Crippen LogP contribution in [0, 0.1) is 6.92 Å². The number of nitrogens with one attached hydrogen (secondary N) is 1. The summed E-state index contributed by atoms with van der Waals surface area (Å²) in [6, 6.07) is 13.1. The quantitative estimate of drug-likeness (QED) is 0.648. The molecule has 0 aliphatic rings. The number of rotatable bonds is 5. The van der Waals surface area contributed by atoms with Crippen LogP contribution in [0.15, 0.2) is 57.6 Å². The van der Waals surface area contributed by atoms with E-state index in [1.54, 1.807) is 19.2 Å². The largest absolute Gasteiger partial charge is 0.496 e. The smallest absolute Gasteiger partial charge is 0.259 e. The first-order chi connectivity index (χ1) is 12.1. The number of ether oxygens (including phenoxy) is 1. The van der Waals surface area contributed by atoms with Crippen molar-refractivity contribution >= 4 is 39.8 Å². The predicted molar refractivity (Wildman–Crippen MR) is 103 cm³/mol. The Kier molecular flexibility index (Phi) is 5.25. The van der Waals surface area contributed by atoms with Gasteiger partial charge in [-0.25, -0.2) is 4.98 Å². The molecule has 3 aromatic rings. The van der Waals surface area contributed by atoms with Crippen LogP contribution in [0.2, 0.25) is 0 Å². The van der Waals surface area contributed by atoms with Crippen LogP contribution >= 0.6 is 23.1 Å². The lowest BCUT2D eigenvalue weighted by molar-refractivity contribution is 0.102. The van der Waals surface area contributed by atoms with Gasteiger partial charge >= 0.3 is 0 Å². The Hall–Kier alpha value is -2.51. The van der Waals surface area contributed by atoms with Gasteiger partial charge in [-0.15, -0.1) is 11.3 Å². The van der Waals surface area contributed by atoms with Crippen molar-refractivity contribution in [3.63, 3.8) is 0 Å². The summed E-state index contributed by atoms with van der Waals surface area (Å²) < 4.78 is 5.37. The topological polar surface area (TPSA) is 77.2 Å². The number of nitrogen functional groups attached to an aromatic ring is 1. The third kappa shape index (κ3) is 4.12. The van der Waals surface area contributed by atoms with Crippen molar-refractivity contribution in [2.45, 2.75) is 16.7 Å². The number of aryl methyl sites for hydroxylation is 1. The molecule has 3 rings (SSSR count). The number of aromatic nitrogens is 1. The molecule has 25 heavy (non-hydrogen) atoms. The molecule has 0 radical (unpaired) electrons. The fourth-order valence-corrected chi connectivity index (χ4v) is 3.85. The number of benzene rings is 2. The van der Waals surface area contributed by atoms with Crippen molar-refractivity contribution in [2.24, 2.45) is 0 Å². The highest BCUT2D eigenvalue weighted by Crippen LogP contribution is 2.35. The first-order valence-electron chi connectivity index (χ1n) is 7.50. The summed E-state index contributed by atoms with van der Waals surface area (Å²) >= 11 is 2.90. The van der Waals surface area contributed by atoms with Crippen LogP contribution < -0.4 is 15.8 Å². The summed E-state index contributed by atoms with van der Waals surface area (Å²) in [7, 11) is 1.64. The van der Waals surface area contributed by atoms with Crippen molar-refractivity contribution in [3.05, 3.63) is 59.1 Å². The van der Waals surface area contributed by atoms with Crippen LogP contribution in [-0.2, 0) is 0 Å². The molecule has 0 unspecified atom stereocenters. The maximum absolute atomic E-state index is 12.5. The molecule has 1 aromatic heterocycles. The van der Waals surface area contributed by atoms with Crippen LogP contribution in [0.25, 0.3) is 0 Å². The number of thiazole rings is 1. The van der Waals surface area contributed by atoms with E-state index < -0.39 is 0 Å². The number of hydrogen-bond donors (Lipinski definition) is 2. The highest BCUT2D eigenvalue weighted by Gasteiger charge is 2.14. The minimum atomic E-state index is -0.269. The average Bonchev–Trinajstić information content (AvgIpc) is 3.01. The number of hydrogen-bond acceptors (Lipinski definition) is 6. The lowest BCUT2D eigenvalue weighted by Gasteiger charge is -2.10. The zero-order valence-corrected chi connectivity index (χ0v) is 15.4. The summed E-state index contributed by atoms with van der Waals surface area (Å²) in [5, 5.41) is 5.23. The predicted octanol–water partition coefficient (Wildman–Crippen LogP) is 4.45. The van der Waals surface area contributed by atoms with Crippen molar-refractivity contribution in [1.82, 2.24) is 4.98 Å². The second-order valence-electron chi connectivity index (χ2n) is 5.25. The minimum absolute atomic E-state index is 0.269. The molecule has 128 valence electrons. The standard InChI is InChI=1S/C18H17N3O2S2/c1-11-10-24-18(20-11)21-17(22)13-9-12(7-8-14(13)19)25-16-6-4-3-5-15(16)23-2/h3-10H,19H2,1-2H3,(H,20,21,22). The average molecular weight is 371 g/mol. The molecular formula is C18H17N3O2S2. The highest BCUT2D eigenvalue weighted by molar-refractivity contribution is 7.99. The molecular weight excluding hydrogens is 354 g/mol. The molecule has 2 aromatic carbocycles. The summed E-state index contributed by atoms with van der Waals surface area (Å²) in [5.74, 6) is 0.517. The number of nitrogens with zero attached hydrogens (tertiary/aromatic N) is 1. The summed E-state index contributed by atoms with van der Waals surface area (Å²) in [5.41, 5.74) is 7.71. The number of carbonyl (C=O) groups excluding carboxylic acids is 1. The molecule has 7 heteroatoms. The summed E-state index contributed by atoms with van der Waals surface area (Å²) in [6.07, 6.45) is 0. The number of para-hydroxylation sites is 1. The second-order valence-corrected chi connectivity index (χ2v) is 7.22. The van der Waals surface area contributed by atoms with E-state index in [9.17, 15) is 4.79 Å². The van der Waals surface area contributed by atoms with Crippen LogP contribution in [0.1, 0.15) is 16.1 Å². The Labute approximate surface area is 154 Å². The molecule has 0 aliphatic heterocycles. The van der Waals surface area contributed by atoms with Gasteiger partial charge in [0, 0.05) is 16.0 Å². The van der Waals surface area contributed by atoms with E-state index >= 15 is 0 Å². The Morgan fingerprint density at radius 3 is 2.80 bits per heavy atom. The first-order valence-corrected chi connectivity index (χ1v) is 9.20. The van der Waals surface area contributed by atoms with E-state index in [0.717, 1.165) is 21.2 Å². The van der Waals surface area contributed by atoms with Crippen LogP contribution in [-0.4, -0.2) is 18.0 Å². The normalized spacial score (nSPS) is 10.5. The lowest BCUT2D eigenvalue weighted by Crippen LogP contribution is -2.14. The van der Waals surface area contributed by atoms with Gasteiger partial charge in [-0.3, -0.25) is 10.1 Å². The Bertz CT molecular complexity index is 909. The van der Waals surface area contributed by atoms with Crippen molar-refractivity contribution < 1.29 is 9.53 Å². The SMILES string of the molecule is COc1ccccc1Sc1ccc(N)c(C(=O)Nc2nc(C)cs2)c1. The Morgan fingerprint density at radius 1 is 1.28 bits per heavy atom. The van der Waals surface area contributed by atoms with E-state index in [2.05, 4.69) is 10.3 Å². The Balaban J connectivity index is 1.83. The van der Waals surface area contributed by atoms with Crippen molar-refractivity contribution in [2.75, 3.05) is 18.2 Å². The van der Waals surface area contributed by atoms with E-state index in [-0.39, 0.29) is 5.91 Å². The lowest BCUT2D eigenvalue weighted by atomic mass is 10.1. The fraction of sp³-hybridized carbons (Fsp3) is 0.111. The number of methoxy groups -OCH3 is 1. The summed E-state index contributed by atoms with van der Waals surface area (Å²) in [4.78, 5) is 18.6. The third-order valence-corrected chi connectivity index (χ3v) is 5.33. The number of nitrogens with two attached hydrogens (primary N) is 1. The molecule has 0 atom stereocenters. The van der Waals surface area contributed by atoms with Gasteiger partial charge < -0.3 is 10.5 Å². The van der Waals surface area contributed by atoms with Gasteiger partial charge in [-0.1, -0.05) is 23.9 Å². The zero-order chi connectivity index (χ0) is 17.8. The summed E-state index contributed by atoms with van der Waals surface area (Å²) in [6.45, 7) is 1.88. The minimum Gasteiger partial charge on any atom is -0.496 e. The monoisotopic (exact) mass is 371 g/mol. The molecule has 1 amide bonds. The molecule has 0 saturated carbocycles. The second kappa shape index (κ2) is 7.58. The number of carbonyl (C=O) groups is 1. The number of amides is 1. The third-order valence-electron chi connectivity index (χ3n) is 3.41. The molecule has 0 bridgehead atoms. The van der Waals surface area contributed by atoms with Gasteiger partial charge in [0.25, 0.3) is 5.91 Å². The van der Waals surface area contributed by atoms with Gasteiger partial charge in [0.05, 0.1) is 23.3 Å². The van der Waals surface area contributed by atoms with Crippen molar-refractivity contribution in [1.29, 1.82) is 0 Å². The fourth-order valence-electron chi connectivity index (χ4n) is 2.20. The van der Waals surface area contributed by atoms with Crippen molar-refractivity contribution in [3.8, 4) is 5.75 Å². The van der Waals surface area contributed by atoms with E-state index in [1.807, 2.05) is 42.6 Å². The molecule has 0 spiro atoms. The van der Waals surface area contributed by atoms with Gasteiger partial charge in [0.1, 0.15) is 5.75 Å². The van der Waals surface area contributed by atoms with E-state index in [4.69, 9.17) is 10.5 Å². The first kappa shape index (κ1) is 17.3. The van der Waals surface area contributed by atoms with Gasteiger partial charge in [0.15, 0.2) is 5.13 Å². The van der Waals surface area contributed by atoms with Gasteiger partial charge in [0.2, 0.25) is 0 Å². The number of anilines is 2. The molecule has 0 fully saturated rings. The maximum Gasteiger partial charge on any atom is 0.259 e. The highest BCUT2D eigenvalue weighted by atomic mass is 32.2. The maximum atomic E-state index is 12.5. The molecule has 5 nitrogen and oxygen atoms in total. The zero-order valence-electron chi connectivity index (χ0n) is 13.8. The molecule has 0 aliphatic carbocycles. The van der Waals surface area contributed by atoms with Crippen LogP contribution in [0.3, 0.4) is 0 Å². The van der Waals surface area contributed by atoms with E-state index in [0.29, 0.717) is 16.4 Å². The van der Waals surface area contributed by atoms with Crippen LogP contribution in [0.4, 0.5) is 10.8 Å². The van der Waals surface area contributed by atoms with Gasteiger partial charge in [-0.05, 0) is 37.3 Å². The molecule has 3 N–H and O–H groups in total.